The zero-order valence-electron chi connectivity index (χ0n) is 10.3. The first kappa shape index (κ1) is 13.5. The van der Waals surface area contributed by atoms with Crippen molar-refractivity contribution in [2.45, 2.75) is 26.4 Å². The molecule has 0 saturated heterocycles. The lowest BCUT2D eigenvalue weighted by Crippen LogP contribution is -2.38. The van der Waals surface area contributed by atoms with Crippen LogP contribution in [-0.2, 0) is 6.54 Å². The Morgan fingerprint density at radius 2 is 1.81 bits per heavy atom. The van der Waals surface area contributed by atoms with Crippen LogP contribution < -0.4 is 5.73 Å². The number of rotatable bonds is 5. The maximum Gasteiger partial charge on any atom is 0.0406 e. The van der Waals surface area contributed by atoms with Gasteiger partial charge in [0, 0.05) is 24.2 Å². The van der Waals surface area contributed by atoms with Crippen molar-refractivity contribution in [3.05, 3.63) is 34.9 Å². The molecule has 0 aliphatic heterocycles. The third kappa shape index (κ3) is 4.52. The van der Waals surface area contributed by atoms with Gasteiger partial charge in [0.2, 0.25) is 0 Å². The Balaban J connectivity index is 2.45. The minimum absolute atomic E-state index is 0.234. The van der Waals surface area contributed by atoms with E-state index in [0.29, 0.717) is 5.92 Å². The van der Waals surface area contributed by atoms with Gasteiger partial charge in [-0.05, 0) is 30.7 Å². The molecule has 0 spiro atoms. The summed E-state index contributed by atoms with van der Waals surface area (Å²) in [5.74, 6) is 0.521. The monoisotopic (exact) mass is 240 g/mol. The van der Waals surface area contributed by atoms with E-state index in [9.17, 15) is 0 Å². The second kappa shape index (κ2) is 6.24. The molecule has 0 aromatic heterocycles. The highest BCUT2D eigenvalue weighted by atomic mass is 35.5. The summed E-state index contributed by atoms with van der Waals surface area (Å²) in [6.07, 6.45) is 0. The van der Waals surface area contributed by atoms with Crippen molar-refractivity contribution in [2.75, 3.05) is 13.6 Å². The number of nitrogens with zero attached hydrogens (tertiary/aromatic N) is 1. The number of likely N-dealkylation sites (N-methyl/N-ethyl adjacent to an activating group) is 1. The molecule has 1 rings (SSSR count). The van der Waals surface area contributed by atoms with Gasteiger partial charge in [-0.2, -0.15) is 0 Å². The van der Waals surface area contributed by atoms with Crippen LogP contribution in [0.4, 0.5) is 0 Å². The minimum Gasteiger partial charge on any atom is -0.326 e. The lowest BCUT2D eigenvalue weighted by atomic mass is 10.1. The number of benzene rings is 1. The van der Waals surface area contributed by atoms with E-state index in [2.05, 4.69) is 37.9 Å². The Hall–Kier alpha value is -0.570. The first-order valence-electron chi connectivity index (χ1n) is 5.67. The quantitative estimate of drug-likeness (QED) is 0.858. The van der Waals surface area contributed by atoms with Crippen molar-refractivity contribution in [3.63, 3.8) is 0 Å². The van der Waals surface area contributed by atoms with E-state index in [4.69, 9.17) is 17.3 Å². The van der Waals surface area contributed by atoms with Crippen molar-refractivity contribution in [2.24, 2.45) is 11.7 Å². The van der Waals surface area contributed by atoms with Gasteiger partial charge < -0.3 is 10.6 Å². The van der Waals surface area contributed by atoms with E-state index in [1.807, 2.05) is 12.1 Å². The maximum atomic E-state index is 6.03. The molecule has 0 bridgehead atoms. The average Bonchev–Trinajstić information content (AvgIpc) is 2.21. The highest BCUT2D eigenvalue weighted by Crippen LogP contribution is 2.11. The summed E-state index contributed by atoms with van der Waals surface area (Å²) in [6, 6.07) is 8.19. The highest BCUT2D eigenvalue weighted by Gasteiger charge is 2.10. The van der Waals surface area contributed by atoms with Crippen LogP contribution >= 0.6 is 11.6 Å². The van der Waals surface area contributed by atoms with E-state index in [1.54, 1.807) is 0 Å². The number of hydrogen-bond donors (Lipinski definition) is 1. The van der Waals surface area contributed by atoms with Crippen LogP contribution in [0.3, 0.4) is 0 Å². The fourth-order valence-electron chi connectivity index (χ4n) is 1.54. The van der Waals surface area contributed by atoms with Crippen molar-refractivity contribution >= 4 is 11.6 Å². The van der Waals surface area contributed by atoms with Crippen molar-refractivity contribution in [1.29, 1.82) is 0 Å². The Morgan fingerprint density at radius 3 is 2.31 bits per heavy atom. The molecule has 90 valence electrons. The van der Waals surface area contributed by atoms with E-state index in [0.717, 1.165) is 18.1 Å². The molecule has 16 heavy (non-hydrogen) atoms. The predicted octanol–water partition coefficient (Wildman–Crippen LogP) is 2.76. The minimum atomic E-state index is 0.234. The molecule has 1 aromatic rings. The van der Waals surface area contributed by atoms with Gasteiger partial charge in [-0.15, -0.1) is 0 Å². The molecule has 0 amide bonds. The summed E-state index contributed by atoms with van der Waals surface area (Å²) >= 11 is 5.84. The SMILES string of the molecule is CC(C)C(N)CN(C)Cc1ccc(Cl)cc1. The van der Waals surface area contributed by atoms with Crippen LogP contribution in [0.1, 0.15) is 19.4 Å². The molecule has 0 saturated carbocycles. The molecule has 1 unspecified atom stereocenters. The van der Waals surface area contributed by atoms with Gasteiger partial charge in [0.1, 0.15) is 0 Å². The smallest absolute Gasteiger partial charge is 0.0406 e. The molecular formula is C13H21ClN2. The van der Waals surface area contributed by atoms with Crippen molar-refractivity contribution in [1.82, 2.24) is 4.90 Å². The fourth-order valence-corrected chi connectivity index (χ4v) is 1.66. The third-order valence-corrected chi connectivity index (χ3v) is 3.00. The zero-order chi connectivity index (χ0) is 12.1. The largest absolute Gasteiger partial charge is 0.326 e. The molecule has 2 nitrogen and oxygen atoms in total. The van der Waals surface area contributed by atoms with Crippen LogP contribution in [0.25, 0.3) is 0 Å². The molecule has 0 heterocycles. The van der Waals surface area contributed by atoms with Crippen LogP contribution in [0.15, 0.2) is 24.3 Å². The van der Waals surface area contributed by atoms with E-state index < -0.39 is 0 Å². The van der Waals surface area contributed by atoms with Gasteiger partial charge in [-0.3, -0.25) is 0 Å². The number of halogens is 1. The Bertz CT molecular complexity index is 308. The number of nitrogens with two attached hydrogens (primary N) is 1. The van der Waals surface area contributed by atoms with Crippen molar-refractivity contribution < 1.29 is 0 Å². The fraction of sp³-hybridized carbons (Fsp3) is 0.538. The van der Waals surface area contributed by atoms with E-state index in [-0.39, 0.29) is 6.04 Å². The second-order valence-corrected chi connectivity index (χ2v) is 5.17. The molecule has 0 aliphatic rings. The molecule has 1 aromatic carbocycles. The molecule has 0 fully saturated rings. The van der Waals surface area contributed by atoms with E-state index in [1.165, 1.54) is 5.56 Å². The first-order valence-corrected chi connectivity index (χ1v) is 6.05. The normalized spacial score (nSPS) is 13.4. The summed E-state index contributed by atoms with van der Waals surface area (Å²) in [6.45, 7) is 6.14. The first-order chi connectivity index (χ1) is 7.49. The zero-order valence-corrected chi connectivity index (χ0v) is 11.0. The summed E-state index contributed by atoms with van der Waals surface area (Å²) in [4.78, 5) is 2.24. The highest BCUT2D eigenvalue weighted by molar-refractivity contribution is 6.30. The van der Waals surface area contributed by atoms with Gasteiger partial charge in [0.25, 0.3) is 0 Å². The summed E-state index contributed by atoms with van der Waals surface area (Å²) in [5.41, 5.74) is 7.30. The van der Waals surface area contributed by atoms with Crippen LogP contribution in [-0.4, -0.2) is 24.5 Å². The van der Waals surface area contributed by atoms with Gasteiger partial charge in [0.15, 0.2) is 0 Å². The van der Waals surface area contributed by atoms with E-state index >= 15 is 0 Å². The van der Waals surface area contributed by atoms with Crippen molar-refractivity contribution in [3.8, 4) is 0 Å². The molecular weight excluding hydrogens is 220 g/mol. The van der Waals surface area contributed by atoms with Crippen LogP contribution in [0, 0.1) is 5.92 Å². The number of hydrogen-bond acceptors (Lipinski definition) is 2. The predicted molar refractivity (Wildman–Crippen MR) is 70.6 cm³/mol. The molecule has 1 atom stereocenters. The Labute approximate surface area is 103 Å². The van der Waals surface area contributed by atoms with Crippen LogP contribution in [0.5, 0.6) is 0 Å². The lowest BCUT2D eigenvalue weighted by Gasteiger charge is -2.23. The summed E-state index contributed by atoms with van der Waals surface area (Å²) in [7, 11) is 2.09. The van der Waals surface area contributed by atoms with Gasteiger partial charge in [0.05, 0.1) is 0 Å². The average molecular weight is 241 g/mol. The lowest BCUT2D eigenvalue weighted by molar-refractivity contribution is 0.277. The summed E-state index contributed by atoms with van der Waals surface area (Å²) < 4.78 is 0. The maximum absolute atomic E-state index is 6.03. The molecule has 0 radical (unpaired) electrons. The van der Waals surface area contributed by atoms with Crippen LogP contribution in [0.2, 0.25) is 5.02 Å². The molecule has 2 N–H and O–H groups in total. The standard InChI is InChI=1S/C13H21ClN2/c1-10(2)13(15)9-16(3)8-11-4-6-12(14)7-5-11/h4-7,10,13H,8-9,15H2,1-3H3. The van der Waals surface area contributed by atoms with Gasteiger partial charge in [-0.25, -0.2) is 0 Å². The summed E-state index contributed by atoms with van der Waals surface area (Å²) in [5, 5.41) is 0.783. The topological polar surface area (TPSA) is 29.3 Å². The second-order valence-electron chi connectivity index (χ2n) is 4.73. The van der Waals surface area contributed by atoms with Gasteiger partial charge in [-0.1, -0.05) is 37.6 Å². The molecule has 3 heteroatoms. The Morgan fingerprint density at radius 1 is 1.25 bits per heavy atom. The van der Waals surface area contributed by atoms with Gasteiger partial charge >= 0.3 is 0 Å². The third-order valence-electron chi connectivity index (χ3n) is 2.74. The Kier molecular flexibility index (Phi) is 5.26. The molecule has 0 aliphatic carbocycles.